The minimum Gasteiger partial charge on any atom is -0.507 e. The van der Waals surface area contributed by atoms with Gasteiger partial charge in [-0.15, -0.1) is 0 Å². The van der Waals surface area contributed by atoms with Crippen LogP contribution < -0.4 is 10.3 Å². The first-order valence-corrected chi connectivity index (χ1v) is 8.25. The van der Waals surface area contributed by atoms with Gasteiger partial charge in [0.2, 0.25) is 0 Å². The van der Waals surface area contributed by atoms with Crippen LogP contribution in [-0.4, -0.2) is 47.0 Å². The first-order valence-electron chi connectivity index (χ1n) is 8.25. The zero-order chi connectivity index (χ0) is 20.1. The standard InChI is InChI=1S/C20H22N2O5/c1-13-10-17(24)19(20(26)22(13)4)16(23)9-8-14-6-5-7-15(11-14)27-12-18(25)21(2)3/h5-11,24H,12H2,1-4H3. The minimum atomic E-state index is -0.595. The number of nitrogens with zero attached hydrogens (tertiary/aromatic N) is 2. The number of pyridine rings is 1. The molecule has 0 saturated heterocycles. The summed E-state index contributed by atoms with van der Waals surface area (Å²) >= 11 is 0. The minimum absolute atomic E-state index is 0.0909. The van der Waals surface area contributed by atoms with Crippen LogP contribution in [0, 0.1) is 6.92 Å². The van der Waals surface area contributed by atoms with Gasteiger partial charge < -0.3 is 19.3 Å². The van der Waals surface area contributed by atoms with Gasteiger partial charge in [0.25, 0.3) is 11.5 Å². The van der Waals surface area contributed by atoms with Crippen LogP contribution in [-0.2, 0) is 11.8 Å². The number of hydrogen-bond acceptors (Lipinski definition) is 5. The van der Waals surface area contributed by atoms with Crippen molar-refractivity contribution in [3.63, 3.8) is 0 Å². The van der Waals surface area contributed by atoms with Gasteiger partial charge in [-0.25, -0.2) is 0 Å². The largest absolute Gasteiger partial charge is 0.507 e. The van der Waals surface area contributed by atoms with Gasteiger partial charge in [0.1, 0.15) is 17.1 Å². The molecule has 1 aromatic carbocycles. The van der Waals surface area contributed by atoms with Crippen LogP contribution in [0.25, 0.3) is 6.08 Å². The zero-order valence-corrected chi connectivity index (χ0v) is 15.7. The van der Waals surface area contributed by atoms with Crippen molar-refractivity contribution in [1.82, 2.24) is 9.47 Å². The first kappa shape index (κ1) is 20.0. The number of benzene rings is 1. The maximum absolute atomic E-state index is 12.4. The predicted octanol–water partition coefficient (Wildman–Crippen LogP) is 1.76. The molecule has 1 amide bonds. The van der Waals surface area contributed by atoms with Crippen LogP contribution in [0.15, 0.2) is 41.2 Å². The lowest BCUT2D eigenvalue weighted by Gasteiger charge is -2.11. The molecule has 0 unspecified atom stereocenters. The predicted molar refractivity (Wildman–Crippen MR) is 102 cm³/mol. The van der Waals surface area contributed by atoms with Gasteiger partial charge >= 0.3 is 0 Å². The number of rotatable bonds is 6. The van der Waals surface area contributed by atoms with Crippen molar-refractivity contribution in [3.05, 3.63) is 63.6 Å². The number of carbonyl (C=O) groups excluding carboxylic acids is 2. The number of amides is 1. The van der Waals surface area contributed by atoms with Crippen molar-refractivity contribution < 1.29 is 19.4 Å². The molecule has 0 fully saturated rings. The van der Waals surface area contributed by atoms with Crippen LogP contribution in [0.1, 0.15) is 21.6 Å². The van der Waals surface area contributed by atoms with E-state index < -0.39 is 11.3 Å². The Morgan fingerprint density at radius 2 is 1.96 bits per heavy atom. The third-order valence-electron chi connectivity index (χ3n) is 4.04. The Hall–Kier alpha value is -3.35. The molecular weight excluding hydrogens is 348 g/mol. The van der Waals surface area contributed by atoms with E-state index in [1.165, 1.54) is 34.7 Å². The van der Waals surface area contributed by atoms with Gasteiger partial charge in [-0.1, -0.05) is 18.2 Å². The van der Waals surface area contributed by atoms with E-state index in [9.17, 15) is 19.5 Å². The lowest BCUT2D eigenvalue weighted by Crippen LogP contribution is -2.27. The first-order chi connectivity index (χ1) is 12.7. The average Bonchev–Trinajstić information content (AvgIpc) is 2.62. The Morgan fingerprint density at radius 1 is 1.26 bits per heavy atom. The highest BCUT2D eigenvalue weighted by molar-refractivity contribution is 6.08. The van der Waals surface area contributed by atoms with Gasteiger partial charge in [-0.05, 0) is 30.7 Å². The molecule has 1 N–H and O–H groups in total. The molecule has 0 aliphatic carbocycles. The summed E-state index contributed by atoms with van der Waals surface area (Å²) < 4.78 is 6.73. The SMILES string of the molecule is Cc1cc(O)c(C(=O)C=Cc2cccc(OCC(=O)N(C)C)c2)c(=O)n1C. The summed E-state index contributed by atoms with van der Waals surface area (Å²) in [7, 11) is 4.82. The number of aromatic hydroxyl groups is 1. The van der Waals surface area contributed by atoms with Gasteiger partial charge in [-0.2, -0.15) is 0 Å². The zero-order valence-electron chi connectivity index (χ0n) is 15.7. The molecule has 2 rings (SSSR count). The number of aromatic nitrogens is 1. The summed E-state index contributed by atoms with van der Waals surface area (Å²) in [5.41, 5.74) is 0.376. The Morgan fingerprint density at radius 3 is 2.63 bits per heavy atom. The van der Waals surface area contributed by atoms with Crippen molar-refractivity contribution in [1.29, 1.82) is 0 Å². The van der Waals surface area contributed by atoms with Crippen LogP contribution in [0.4, 0.5) is 0 Å². The van der Waals surface area contributed by atoms with E-state index in [1.807, 2.05) is 0 Å². The van der Waals surface area contributed by atoms with E-state index in [2.05, 4.69) is 0 Å². The molecule has 1 aromatic heterocycles. The summed E-state index contributed by atoms with van der Waals surface area (Å²) in [5, 5.41) is 9.95. The monoisotopic (exact) mass is 370 g/mol. The summed E-state index contributed by atoms with van der Waals surface area (Å²) in [6.45, 7) is 1.57. The highest BCUT2D eigenvalue weighted by atomic mass is 16.5. The van der Waals surface area contributed by atoms with Gasteiger partial charge in [0, 0.05) is 32.9 Å². The van der Waals surface area contributed by atoms with Crippen LogP contribution in [0.3, 0.4) is 0 Å². The molecule has 0 saturated carbocycles. The molecule has 0 spiro atoms. The lowest BCUT2D eigenvalue weighted by molar-refractivity contribution is -0.130. The van der Waals surface area contributed by atoms with Gasteiger partial charge in [-0.3, -0.25) is 14.4 Å². The number of likely N-dealkylation sites (N-methyl/N-ethyl adjacent to an activating group) is 1. The molecule has 0 bridgehead atoms. The van der Waals surface area contributed by atoms with Crippen molar-refractivity contribution in [3.8, 4) is 11.5 Å². The summed E-state index contributed by atoms with van der Waals surface area (Å²) in [4.78, 5) is 37.6. The van der Waals surface area contributed by atoms with E-state index in [4.69, 9.17) is 4.74 Å². The molecule has 27 heavy (non-hydrogen) atoms. The maximum atomic E-state index is 12.4. The Bertz CT molecular complexity index is 957. The second kappa shape index (κ2) is 8.35. The summed E-state index contributed by atoms with van der Waals surface area (Å²) in [6.07, 6.45) is 2.73. The highest BCUT2D eigenvalue weighted by Crippen LogP contribution is 2.17. The topological polar surface area (TPSA) is 88.8 Å². The van der Waals surface area contributed by atoms with E-state index >= 15 is 0 Å². The summed E-state index contributed by atoms with van der Waals surface area (Å²) in [5.74, 6) is -0.627. The number of allylic oxidation sites excluding steroid dienone is 1. The van der Waals surface area contributed by atoms with Crippen molar-refractivity contribution in [2.45, 2.75) is 6.92 Å². The molecule has 1 heterocycles. The molecule has 2 aromatic rings. The van der Waals surface area contributed by atoms with Crippen molar-refractivity contribution >= 4 is 17.8 Å². The fourth-order valence-electron chi connectivity index (χ4n) is 2.27. The molecule has 142 valence electrons. The maximum Gasteiger partial charge on any atom is 0.265 e. The molecule has 0 atom stereocenters. The van der Waals surface area contributed by atoms with Crippen molar-refractivity contribution in [2.75, 3.05) is 20.7 Å². The third-order valence-corrected chi connectivity index (χ3v) is 4.04. The fraction of sp³-hybridized carbons (Fsp3) is 0.250. The molecule has 7 nitrogen and oxygen atoms in total. The third kappa shape index (κ3) is 4.84. The number of ketones is 1. The second-order valence-electron chi connectivity index (χ2n) is 6.26. The second-order valence-corrected chi connectivity index (χ2v) is 6.26. The average molecular weight is 370 g/mol. The Labute approximate surface area is 157 Å². The van der Waals surface area contributed by atoms with Crippen LogP contribution in [0.5, 0.6) is 11.5 Å². The normalized spacial score (nSPS) is 10.8. The van der Waals surface area contributed by atoms with Gasteiger partial charge in [0.05, 0.1) is 0 Å². The van der Waals surface area contributed by atoms with Crippen molar-refractivity contribution in [2.24, 2.45) is 7.05 Å². The van der Waals surface area contributed by atoms with Crippen LogP contribution in [0.2, 0.25) is 0 Å². The Kier molecular flexibility index (Phi) is 6.18. The van der Waals surface area contributed by atoms with E-state index in [1.54, 1.807) is 45.3 Å². The quantitative estimate of drug-likeness (QED) is 0.618. The Balaban J connectivity index is 2.18. The summed E-state index contributed by atoms with van der Waals surface area (Å²) in [6, 6.07) is 8.21. The van der Waals surface area contributed by atoms with E-state index in [-0.39, 0.29) is 23.8 Å². The number of carbonyl (C=O) groups is 2. The van der Waals surface area contributed by atoms with Gasteiger partial charge in [0.15, 0.2) is 12.4 Å². The van der Waals surface area contributed by atoms with E-state index in [0.29, 0.717) is 17.0 Å². The molecule has 7 heteroatoms. The number of aryl methyl sites for hydroxylation is 1. The lowest BCUT2D eigenvalue weighted by atomic mass is 10.1. The molecule has 0 aliphatic rings. The number of ether oxygens (including phenoxy) is 1. The molecule has 0 radical (unpaired) electrons. The van der Waals surface area contributed by atoms with E-state index in [0.717, 1.165) is 0 Å². The number of hydrogen-bond donors (Lipinski definition) is 1. The molecular formula is C20H22N2O5. The smallest absolute Gasteiger partial charge is 0.265 e. The fourth-order valence-corrected chi connectivity index (χ4v) is 2.27. The van der Waals surface area contributed by atoms with Crippen LogP contribution >= 0.6 is 0 Å². The highest BCUT2D eigenvalue weighted by Gasteiger charge is 2.16. The molecule has 0 aliphatic heterocycles.